The Bertz CT molecular complexity index is 973. The summed E-state index contributed by atoms with van der Waals surface area (Å²) in [5, 5.41) is 25.0. The number of benzene rings is 2. The first-order chi connectivity index (χ1) is 11.9. The number of hydrogen-bond acceptors (Lipinski definition) is 6. The minimum atomic E-state index is -3.80. The number of sulfonamides is 1. The first-order valence-corrected chi connectivity index (χ1v) is 9.09. The molecule has 0 spiro atoms. The Hall–Kier alpha value is -2.42. The normalized spacial score (nSPS) is 15.2. The molecular formula is C16H14ClN3O4S. The van der Waals surface area contributed by atoms with E-state index >= 15 is 0 Å². The van der Waals surface area contributed by atoms with Crippen LogP contribution in [0, 0.1) is 0 Å². The van der Waals surface area contributed by atoms with Crippen LogP contribution in [0.15, 0.2) is 56.9 Å². The number of phenols is 1. The molecule has 1 aliphatic rings. The van der Waals surface area contributed by atoms with Crippen LogP contribution in [-0.4, -0.2) is 48.8 Å². The Morgan fingerprint density at radius 2 is 2.00 bits per heavy atom. The van der Waals surface area contributed by atoms with Crippen molar-refractivity contribution in [1.29, 1.82) is 0 Å². The lowest BCUT2D eigenvalue weighted by molar-refractivity contribution is 0.254. The Balaban J connectivity index is 2.00. The molecule has 0 aliphatic carbocycles. The van der Waals surface area contributed by atoms with E-state index in [9.17, 15) is 18.6 Å². The van der Waals surface area contributed by atoms with Crippen LogP contribution in [0.25, 0.3) is 0 Å². The van der Waals surface area contributed by atoms with Crippen molar-refractivity contribution in [3.63, 3.8) is 0 Å². The number of amidine groups is 1. The summed E-state index contributed by atoms with van der Waals surface area (Å²) < 4.78 is 28.1. The number of hydrazone groups is 1. The third-order valence-electron chi connectivity index (χ3n) is 3.49. The molecule has 0 saturated heterocycles. The van der Waals surface area contributed by atoms with Gasteiger partial charge in [-0.25, -0.2) is 5.01 Å². The van der Waals surface area contributed by atoms with Crippen molar-refractivity contribution in [3.8, 4) is 5.75 Å². The maximum absolute atomic E-state index is 12.2. The lowest BCUT2D eigenvalue weighted by Gasteiger charge is -2.17. The fraction of sp³-hybridized carbons (Fsp3) is 0.125. The molecule has 0 unspecified atom stereocenters. The number of halogens is 1. The van der Waals surface area contributed by atoms with E-state index in [2.05, 4.69) is 9.50 Å². The van der Waals surface area contributed by atoms with Gasteiger partial charge in [0.1, 0.15) is 10.6 Å². The van der Waals surface area contributed by atoms with E-state index in [0.717, 1.165) is 0 Å². The van der Waals surface area contributed by atoms with E-state index in [4.69, 9.17) is 11.6 Å². The lowest BCUT2D eigenvalue weighted by Crippen LogP contribution is -2.28. The number of fused-ring (bicyclic) bond motifs is 1. The van der Waals surface area contributed by atoms with Gasteiger partial charge in [-0.2, -0.15) is 13.5 Å². The molecule has 0 atom stereocenters. The molecular weight excluding hydrogens is 366 g/mol. The SMILES string of the molecule is O=S1(=O)N=C(N(CCO)N=Cc2cc(Cl)ccc2O)c2ccccc21. The molecule has 0 radical (unpaired) electrons. The third-order valence-corrected chi connectivity index (χ3v) is 5.05. The predicted octanol–water partition coefficient (Wildman–Crippen LogP) is 1.82. The van der Waals surface area contributed by atoms with Crippen molar-refractivity contribution >= 4 is 33.7 Å². The van der Waals surface area contributed by atoms with E-state index in [0.29, 0.717) is 16.1 Å². The second-order valence-corrected chi connectivity index (χ2v) is 7.19. The summed E-state index contributed by atoms with van der Waals surface area (Å²) in [6, 6.07) is 10.9. The number of aromatic hydroxyl groups is 1. The van der Waals surface area contributed by atoms with Crippen molar-refractivity contribution < 1.29 is 18.6 Å². The van der Waals surface area contributed by atoms with E-state index < -0.39 is 10.0 Å². The quantitative estimate of drug-likeness (QED) is 0.623. The van der Waals surface area contributed by atoms with Gasteiger partial charge in [0.2, 0.25) is 0 Å². The average Bonchev–Trinajstić information content (AvgIpc) is 2.86. The first-order valence-electron chi connectivity index (χ1n) is 7.27. The minimum absolute atomic E-state index is 0.0283. The maximum Gasteiger partial charge on any atom is 0.285 e. The second kappa shape index (κ2) is 6.83. The molecule has 9 heteroatoms. The molecule has 2 aromatic carbocycles. The summed E-state index contributed by atoms with van der Waals surface area (Å²) in [5.74, 6) is 0.0842. The number of hydrogen-bond donors (Lipinski definition) is 2. The molecule has 0 fully saturated rings. The Kier molecular flexibility index (Phi) is 4.76. The Morgan fingerprint density at radius 3 is 2.76 bits per heavy atom. The van der Waals surface area contributed by atoms with Crippen LogP contribution in [0.4, 0.5) is 0 Å². The molecule has 1 aliphatic heterocycles. The summed E-state index contributed by atoms with van der Waals surface area (Å²) in [7, 11) is -3.80. The van der Waals surface area contributed by atoms with E-state index in [1.165, 1.54) is 35.5 Å². The summed E-state index contributed by atoms with van der Waals surface area (Å²) in [6.07, 6.45) is 1.33. The molecule has 7 nitrogen and oxygen atoms in total. The summed E-state index contributed by atoms with van der Waals surface area (Å²) in [6.45, 7) is -0.235. The van der Waals surface area contributed by atoms with Gasteiger partial charge >= 0.3 is 0 Å². The zero-order valence-corrected chi connectivity index (χ0v) is 14.4. The van der Waals surface area contributed by atoms with Gasteiger partial charge in [-0.15, -0.1) is 4.40 Å². The van der Waals surface area contributed by atoms with E-state index in [1.54, 1.807) is 18.2 Å². The van der Waals surface area contributed by atoms with Gasteiger partial charge in [-0.3, -0.25) is 0 Å². The topological polar surface area (TPSA) is 103 Å². The molecule has 25 heavy (non-hydrogen) atoms. The van der Waals surface area contributed by atoms with Gasteiger partial charge < -0.3 is 10.2 Å². The highest BCUT2D eigenvalue weighted by Gasteiger charge is 2.31. The highest BCUT2D eigenvalue weighted by molar-refractivity contribution is 7.90. The highest BCUT2D eigenvalue weighted by atomic mass is 35.5. The molecule has 0 saturated carbocycles. The molecule has 3 rings (SSSR count). The minimum Gasteiger partial charge on any atom is -0.507 e. The molecule has 1 heterocycles. The van der Waals surface area contributed by atoms with Gasteiger partial charge in [0.15, 0.2) is 5.84 Å². The number of phenolic OH excluding ortho intramolecular Hbond substituents is 1. The smallest absolute Gasteiger partial charge is 0.285 e. The van der Waals surface area contributed by atoms with Gasteiger partial charge in [-0.05, 0) is 30.3 Å². The van der Waals surface area contributed by atoms with Crippen LogP contribution in [0.2, 0.25) is 5.02 Å². The number of rotatable bonds is 4. The number of nitrogens with zero attached hydrogens (tertiary/aromatic N) is 3. The Labute approximate surface area is 149 Å². The highest BCUT2D eigenvalue weighted by Crippen LogP contribution is 2.27. The fourth-order valence-corrected chi connectivity index (χ4v) is 3.74. The van der Waals surface area contributed by atoms with Crippen LogP contribution in [0.5, 0.6) is 5.75 Å². The third kappa shape index (κ3) is 3.51. The Morgan fingerprint density at radius 1 is 1.24 bits per heavy atom. The molecule has 0 bridgehead atoms. The summed E-state index contributed by atoms with van der Waals surface area (Å²) >= 11 is 5.90. The molecule has 2 N–H and O–H groups in total. The molecule has 0 aromatic heterocycles. The van der Waals surface area contributed by atoms with Crippen LogP contribution >= 0.6 is 11.6 Å². The largest absolute Gasteiger partial charge is 0.507 e. The van der Waals surface area contributed by atoms with Gasteiger partial charge in [0.05, 0.1) is 19.4 Å². The van der Waals surface area contributed by atoms with Crippen molar-refractivity contribution in [2.24, 2.45) is 9.50 Å². The first kappa shape index (κ1) is 17.4. The molecule has 130 valence electrons. The number of aliphatic hydroxyl groups is 1. The lowest BCUT2D eigenvalue weighted by atomic mass is 10.2. The molecule has 0 amide bonds. The van der Waals surface area contributed by atoms with Gasteiger partial charge in [0, 0.05) is 16.1 Å². The monoisotopic (exact) mass is 379 g/mol. The van der Waals surface area contributed by atoms with Crippen LogP contribution in [0.1, 0.15) is 11.1 Å². The average molecular weight is 380 g/mol. The van der Waals surface area contributed by atoms with E-state index in [-0.39, 0.29) is 29.6 Å². The van der Waals surface area contributed by atoms with Crippen LogP contribution in [-0.2, 0) is 10.0 Å². The van der Waals surface area contributed by atoms with Crippen molar-refractivity contribution in [2.75, 3.05) is 13.2 Å². The second-order valence-electron chi connectivity index (χ2n) is 5.18. The maximum atomic E-state index is 12.2. The molecule has 2 aromatic rings. The summed E-state index contributed by atoms with van der Waals surface area (Å²) in [5.41, 5.74) is 0.758. The van der Waals surface area contributed by atoms with Crippen LogP contribution < -0.4 is 0 Å². The summed E-state index contributed by atoms with van der Waals surface area (Å²) in [4.78, 5) is 0.0914. The van der Waals surface area contributed by atoms with Crippen LogP contribution in [0.3, 0.4) is 0 Å². The zero-order chi connectivity index (χ0) is 18.0. The van der Waals surface area contributed by atoms with Crippen molar-refractivity contribution in [2.45, 2.75) is 4.90 Å². The van der Waals surface area contributed by atoms with Gasteiger partial charge in [-0.1, -0.05) is 23.7 Å². The predicted molar refractivity (Wildman–Crippen MR) is 94.7 cm³/mol. The van der Waals surface area contributed by atoms with Crippen molar-refractivity contribution in [3.05, 3.63) is 58.6 Å². The van der Waals surface area contributed by atoms with Crippen molar-refractivity contribution in [1.82, 2.24) is 5.01 Å². The standard InChI is InChI=1S/C16H14ClN3O4S/c17-12-5-6-14(22)11(9-12)10-18-20(7-8-21)16-13-3-1-2-4-15(13)25(23,24)19-16/h1-6,9-10,21-22H,7-8H2. The number of aliphatic hydroxyl groups excluding tert-OH is 1. The van der Waals surface area contributed by atoms with E-state index in [1.807, 2.05) is 0 Å². The zero-order valence-electron chi connectivity index (χ0n) is 12.9. The van der Waals surface area contributed by atoms with Gasteiger partial charge in [0.25, 0.3) is 10.0 Å². The fourth-order valence-electron chi connectivity index (χ4n) is 2.35.